The molecule has 0 saturated carbocycles. The Bertz CT molecular complexity index is 1050. The van der Waals surface area contributed by atoms with E-state index < -0.39 is 0 Å². The molecule has 3 heterocycles. The number of aliphatic hydroxyl groups excluding tert-OH is 1. The number of piperidine rings is 1. The maximum Gasteiger partial charge on any atom is 0.148 e. The third kappa shape index (κ3) is 3.76. The molecule has 0 aliphatic carbocycles. The van der Waals surface area contributed by atoms with Gasteiger partial charge in [0.25, 0.3) is 0 Å². The van der Waals surface area contributed by atoms with Gasteiger partial charge in [0, 0.05) is 42.7 Å². The van der Waals surface area contributed by atoms with Crippen molar-refractivity contribution in [2.45, 2.75) is 53.8 Å². The first-order valence-electron chi connectivity index (χ1n) is 11.2. The van der Waals surface area contributed by atoms with Crippen molar-refractivity contribution >= 4 is 29.5 Å². The lowest BCUT2D eigenvalue weighted by Gasteiger charge is -2.35. The highest BCUT2D eigenvalue weighted by atomic mass is 16.3. The molecule has 1 saturated heterocycles. The summed E-state index contributed by atoms with van der Waals surface area (Å²) in [7, 11) is 2.16. The standard InChI is InChI=1S/C25H33BN3O/c1-16-11-21(26-5)12-17(2)24(16)29-14-18(3)23-22(13-19(4)27-25(23)29)28-9-6-7-20(15-28)8-10-30/h11-14,20,30H,6-10,15H2,1-5H3. The number of hydrogen-bond acceptors (Lipinski definition) is 3. The molecule has 5 heteroatoms. The minimum atomic E-state index is 0.280. The molecular formula is C25H33BN3O. The third-order valence-electron chi connectivity index (χ3n) is 6.54. The van der Waals surface area contributed by atoms with Crippen LogP contribution in [0.5, 0.6) is 0 Å². The van der Waals surface area contributed by atoms with Gasteiger partial charge in [-0.15, -0.1) is 0 Å². The highest BCUT2D eigenvalue weighted by Gasteiger charge is 2.24. The van der Waals surface area contributed by atoms with Gasteiger partial charge in [0.05, 0.1) is 5.69 Å². The number of hydrogen-bond donors (Lipinski definition) is 1. The van der Waals surface area contributed by atoms with Crippen LogP contribution in [0.15, 0.2) is 24.4 Å². The van der Waals surface area contributed by atoms with Crippen molar-refractivity contribution in [2.75, 3.05) is 24.6 Å². The molecule has 0 amide bonds. The van der Waals surface area contributed by atoms with Gasteiger partial charge in [-0.2, -0.15) is 0 Å². The summed E-state index contributed by atoms with van der Waals surface area (Å²) in [6.45, 7) is 13.1. The molecule has 1 N–H and O–H groups in total. The molecule has 0 spiro atoms. The first kappa shape index (κ1) is 21.0. The van der Waals surface area contributed by atoms with E-state index in [0.29, 0.717) is 5.92 Å². The lowest BCUT2D eigenvalue weighted by Crippen LogP contribution is -2.36. The summed E-state index contributed by atoms with van der Waals surface area (Å²) in [6.07, 6.45) is 5.53. The van der Waals surface area contributed by atoms with Crippen molar-refractivity contribution in [3.63, 3.8) is 0 Å². The first-order chi connectivity index (χ1) is 14.4. The van der Waals surface area contributed by atoms with E-state index in [0.717, 1.165) is 30.9 Å². The number of rotatable bonds is 5. The van der Waals surface area contributed by atoms with E-state index in [9.17, 15) is 5.11 Å². The van der Waals surface area contributed by atoms with Crippen LogP contribution in [0.2, 0.25) is 6.82 Å². The van der Waals surface area contributed by atoms with E-state index in [1.165, 1.54) is 51.8 Å². The number of fused-ring (bicyclic) bond motifs is 1. The molecule has 1 unspecified atom stereocenters. The fraction of sp³-hybridized carbons (Fsp3) is 0.480. The summed E-state index contributed by atoms with van der Waals surface area (Å²) in [5.74, 6) is 0.567. The first-order valence-corrected chi connectivity index (χ1v) is 11.2. The molecule has 1 radical (unpaired) electrons. The van der Waals surface area contributed by atoms with Gasteiger partial charge in [-0.1, -0.05) is 24.4 Å². The number of benzene rings is 1. The minimum absolute atomic E-state index is 0.280. The molecular weight excluding hydrogens is 369 g/mol. The Morgan fingerprint density at radius 1 is 1.10 bits per heavy atom. The molecule has 1 aromatic carbocycles. The van der Waals surface area contributed by atoms with E-state index in [1.807, 2.05) is 0 Å². The average Bonchev–Trinajstić information content (AvgIpc) is 3.03. The molecule has 4 rings (SSSR count). The average molecular weight is 402 g/mol. The quantitative estimate of drug-likeness (QED) is 0.650. The van der Waals surface area contributed by atoms with Crippen LogP contribution < -0.4 is 10.4 Å². The number of aryl methyl sites for hydroxylation is 4. The number of anilines is 1. The van der Waals surface area contributed by atoms with E-state index in [2.05, 4.69) is 75.7 Å². The van der Waals surface area contributed by atoms with Crippen LogP contribution in [0.4, 0.5) is 5.69 Å². The van der Waals surface area contributed by atoms with Gasteiger partial charge >= 0.3 is 0 Å². The van der Waals surface area contributed by atoms with Gasteiger partial charge in [-0.25, -0.2) is 4.98 Å². The molecule has 1 aliphatic heterocycles. The van der Waals surface area contributed by atoms with E-state index >= 15 is 0 Å². The Kier molecular flexibility index (Phi) is 5.92. The summed E-state index contributed by atoms with van der Waals surface area (Å²) in [4.78, 5) is 7.52. The van der Waals surface area contributed by atoms with Gasteiger partial charge in [0.2, 0.25) is 0 Å². The second kappa shape index (κ2) is 8.47. The zero-order chi connectivity index (χ0) is 21.4. The van der Waals surface area contributed by atoms with Gasteiger partial charge in [-0.3, -0.25) is 0 Å². The molecule has 2 aromatic heterocycles. The Labute approximate surface area is 181 Å². The molecule has 30 heavy (non-hydrogen) atoms. The van der Waals surface area contributed by atoms with Crippen molar-refractivity contribution in [2.24, 2.45) is 5.92 Å². The number of nitrogens with zero attached hydrogens (tertiary/aromatic N) is 3. The topological polar surface area (TPSA) is 41.3 Å². The Balaban J connectivity index is 1.87. The number of aliphatic hydroxyl groups is 1. The van der Waals surface area contributed by atoms with Gasteiger partial charge < -0.3 is 14.6 Å². The summed E-state index contributed by atoms with van der Waals surface area (Å²) in [5, 5.41) is 10.7. The molecule has 157 valence electrons. The van der Waals surface area contributed by atoms with Crippen LogP contribution in [-0.4, -0.2) is 41.6 Å². The monoisotopic (exact) mass is 402 g/mol. The smallest absolute Gasteiger partial charge is 0.148 e. The van der Waals surface area contributed by atoms with Crippen molar-refractivity contribution in [1.82, 2.24) is 9.55 Å². The van der Waals surface area contributed by atoms with Crippen molar-refractivity contribution in [3.05, 3.63) is 46.8 Å². The maximum atomic E-state index is 9.42. The van der Waals surface area contributed by atoms with Crippen LogP contribution >= 0.6 is 0 Å². The molecule has 1 aliphatic rings. The SMILES string of the molecule is C[B]c1cc(C)c(-n2cc(C)c3c(N4CCCC(CCO)C4)cc(C)nc32)c(C)c1. The van der Waals surface area contributed by atoms with E-state index in [-0.39, 0.29) is 6.61 Å². The summed E-state index contributed by atoms with van der Waals surface area (Å²) in [5.41, 5.74) is 9.69. The molecule has 4 nitrogen and oxygen atoms in total. The molecule has 0 bridgehead atoms. The highest BCUT2D eigenvalue weighted by Crippen LogP contribution is 2.36. The molecule has 3 aromatic rings. The van der Waals surface area contributed by atoms with Crippen molar-refractivity contribution in [1.29, 1.82) is 0 Å². The van der Waals surface area contributed by atoms with Gasteiger partial charge in [0.1, 0.15) is 12.9 Å². The summed E-state index contributed by atoms with van der Waals surface area (Å²) in [6, 6.07) is 6.75. The minimum Gasteiger partial charge on any atom is -0.396 e. The Morgan fingerprint density at radius 2 is 1.83 bits per heavy atom. The van der Waals surface area contributed by atoms with E-state index in [1.54, 1.807) is 0 Å². The van der Waals surface area contributed by atoms with Crippen LogP contribution in [0.25, 0.3) is 16.7 Å². The maximum absolute atomic E-state index is 9.42. The Hall–Kier alpha value is -2.27. The summed E-state index contributed by atoms with van der Waals surface area (Å²) < 4.78 is 2.29. The van der Waals surface area contributed by atoms with Crippen LogP contribution in [0, 0.1) is 33.6 Å². The number of pyridine rings is 1. The van der Waals surface area contributed by atoms with Crippen molar-refractivity contribution < 1.29 is 5.11 Å². The van der Waals surface area contributed by atoms with Crippen LogP contribution in [0.3, 0.4) is 0 Å². The fourth-order valence-electron chi connectivity index (χ4n) is 5.17. The number of aromatic nitrogens is 2. The highest BCUT2D eigenvalue weighted by molar-refractivity contribution is 6.52. The normalized spacial score (nSPS) is 17.0. The molecule has 1 fully saturated rings. The molecule has 1 atom stereocenters. The van der Waals surface area contributed by atoms with E-state index in [4.69, 9.17) is 4.98 Å². The largest absolute Gasteiger partial charge is 0.396 e. The van der Waals surface area contributed by atoms with Gasteiger partial charge in [0.15, 0.2) is 0 Å². The predicted octanol–water partition coefficient (Wildman–Crippen LogP) is 4.24. The fourth-order valence-corrected chi connectivity index (χ4v) is 5.17. The second-order valence-corrected chi connectivity index (χ2v) is 8.92. The lowest BCUT2D eigenvalue weighted by molar-refractivity contribution is 0.244. The second-order valence-electron chi connectivity index (χ2n) is 8.92. The predicted molar refractivity (Wildman–Crippen MR) is 128 cm³/mol. The Morgan fingerprint density at radius 3 is 2.50 bits per heavy atom. The lowest BCUT2D eigenvalue weighted by atomic mass is 9.72. The van der Waals surface area contributed by atoms with Crippen LogP contribution in [0.1, 0.15) is 41.6 Å². The summed E-state index contributed by atoms with van der Waals surface area (Å²) >= 11 is 0. The third-order valence-corrected chi connectivity index (χ3v) is 6.54. The zero-order valence-electron chi connectivity index (χ0n) is 19.0. The van der Waals surface area contributed by atoms with Crippen molar-refractivity contribution in [3.8, 4) is 5.69 Å². The zero-order valence-corrected chi connectivity index (χ0v) is 19.0. The van der Waals surface area contributed by atoms with Crippen LogP contribution in [-0.2, 0) is 0 Å². The van der Waals surface area contributed by atoms with Gasteiger partial charge in [-0.05, 0) is 75.6 Å².